The quantitative estimate of drug-likeness (QED) is 0.824. The first-order valence-electron chi connectivity index (χ1n) is 6.67. The fourth-order valence-electron chi connectivity index (χ4n) is 2.28. The summed E-state index contributed by atoms with van der Waals surface area (Å²) < 4.78 is 27.3. The van der Waals surface area contributed by atoms with Crippen molar-refractivity contribution in [2.45, 2.75) is 39.3 Å². The number of carbonyl (C=O) groups is 1. The van der Waals surface area contributed by atoms with Crippen molar-refractivity contribution in [2.24, 2.45) is 0 Å². The third-order valence-corrected chi connectivity index (χ3v) is 5.29. The molecule has 0 fully saturated rings. The van der Waals surface area contributed by atoms with Gasteiger partial charge < -0.3 is 5.11 Å². The number of fused-ring (bicyclic) bond motifs is 1. The van der Waals surface area contributed by atoms with Crippen LogP contribution in [-0.4, -0.2) is 45.9 Å². The monoisotopic (exact) mass is 301 g/mol. The Bertz CT molecular complexity index is 594. The van der Waals surface area contributed by atoms with Crippen LogP contribution in [0, 0.1) is 0 Å². The molecule has 20 heavy (non-hydrogen) atoms. The first-order valence-corrected chi connectivity index (χ1v) is 8.28. The van der Waals surface area contributed by atoms with Gasteiger partial charge in [-0.05, 0) is 12.5 Å². The van der Waals surface area contributed by atoms with E-state index in [1.54, 1.807) is 10.7 Å². The number of rotatable bonds is 6. The fraction of sp³-hybridized carbons (Fsp3) is 0.667. The molecule has 2 rings (SSSR count). The molecule has 1 aromatic rings. The summed E-state index contributed by atoms with van der Waals surface area (Å²) in [6.07, 6.45) is 1.01. The molecule has 0 bridgehead atoms. The van der Waals surface area contributed by atoms with E-state index in [1.165, 1.54) is 4.31 Å². The Morgan fingerprint density at radius 2 is 2.20 bits per heavy atom. The van der Waals surface area contributed by atoms with Crippen LogP contribution < -0.4 is 0 Å². The van der Waals surface area contributed by atoms with Gasteiger partial charge in [0, 0.05) is 13.0 Å². The fourth-order valence-corrected chi connectivity index (χ4v) is 3.75. The highest BCUT2D eigenvalue weighted by molar-refractivity contribution is 7.89. The van der Waals surface area contributed by atoms with Gasteiger partial charge in [-0.25, -0.2) is 8.42 Å². The van der Waals surface area contributed by atoms with Gasteiger partial charge in [0.15, 0.2) is 0 Å². The SMILES string of the molecule is CCCS(=O)(=O)N1CCn2nc(CCC(=O)O)cc2C1. The zero-order chi connectivity index (χ0) is 14.8. The highest BCUT2D eigenvalue weighted by atomic mass is 32.2. The molecular formula is C12H19N3O4S. The second kappa shape index (κ2) is 5.92. The molecule has 0 aromatic carbocycles. The number of nitrogens with zero attached hydrogens (tertiary/aromatic N) is 3. The van der Waals surface area contributed by atoms with Crippen molar-refractivity contribution in [1.29, 1.82) is 0 Å². The molecule has 1 N–H and O–H groups in total. The van der Waals surface area contributed by atoms with Gasteiger partial charge >= 0.3 is 5.97 Å². The highest BCUT2D eigenvalue weighted by Gasteiger charge is 2.27. The van der Waals surface area contributed by atoms with Crippen molar-refractivity contribution in [1.82, 2.24) is 14.1 Å². The van der Waals surface area contributed by atoms with Crippen molar-refractivity contribution >= 4 is 16.0 Å². The summed E-state index contributed by atoms with van der Waals surface area (Å²) in [6, 6.07) is 1.80. The molecule has 112 valence electrons. The number of hydrogen-bond acceptors (Lipinski definition) is 4. The van der Waals surface area contributed by atoms with Gasteiger partial charge in [-0.1, -0.05) is 6.92 Å². The minimum absolute atomic E-state index is 0.0360. The van der Waals surface area contributed by atoms with Crippen LogP contribution in [0.3, 0.4) is 0 Å². The van der Waals surface area contributed by atoms with Crippen LogP contribution in [0.25, 0.3) is 0 Å². The average Bonchev–Trinajstić information content (AvgIpc) is 2.78. The summed E-state index contributed by atoms with van der Waals surface area (Å²) in [5.41, 5.74) is 1.54. The first kappa shape index (κ1) is 15.0. The predicted molar refractivity (Wildman–Crippen MR) is 72.7 cm³/mol. The maximum absolute atomic E-state index is 12.0. The Morgan fingerprint density at radius 3 is 2.85 bits per heavy atom. The summed E-state index contributed by atoms with van der Waals surface area (Å²) in [5.74, 6) is -0.698. The zero-order valence-electron chi connectivity index (χ0n) is 11.4. The van der Waals surface area contributed by atoms with E-state index in [9.17, 15) is 13.2 Å². The molecule has 2 heterocycles. The average molecular weight is 301 g/mol. The molecule has 0 spiro atoms. The number of aromatic nitrogens is 2. The molecule has 0 atom stereocenters. The van der Waals surface area contributed by atoms with Crippen LogP contribution in [0.2, 0.25) is 0 Å². The van der Waals surface area contributed by atoms with Crippen LogP contribution >= 0.6 is 0 Å². The van der Waals surface area contributed by atoms with Crippen LogP contribution in [-0.2, 0) is 34.3 Å². The highest BCUT2D eigenvalue weighted by Crippen LogP contribution is 2.18. The third-order valence-electron chi connectivity index (χ3n) is 3.26. The maximum atomic E-state index is 12.0. The van der Waals surface area contributed by atoms with E-state index in [0.717, 1.165) is 5.69 Å². The topological polar surface area (TPSA) is 92.5 Å². The van der Waals surface area contributed by atoms with Gasteiger partial charge in [0.05, 0.1) is 36.7 Å². The summed E-state index contributed by atoms with van der Waals surface area (Å²) in [5, 5.41) is 13.0. The molecule has 0 amide bonds. The molecule has 1 aromatic heterocycles. The zero-order valence-corrected chi connectivity index (χ0v) is 12.3. The van der Waals surface area contributed by atoms with Crippen molar-refractivity contribution in [3.63, 3.8) is 0 Å². The number of sulfonamides is 1. The minimum Gasteiger partial charge on any atom is -0.481 e. The van der Waals surface area contributed by atoms with Gasteiger partial charge in [-0.3, -0.25) is 9.48 Å². The molecule has 8 heteroatoms. The van der Waals surface area contributed by atoms with E-state index >= 15 is 0 Å². The molecule has 0 radical (unpaired) electrons. The van der Waals surface area contributed by atoms with Crippen LogP contribution in [0.1, 0.15) is 31.2 Å². The number of carboxylic acids is 1. The Balaban J connectivity index is 2.08. The van der Waals surface area contributed by atoms with E-state index in [1.807, 2.05) is 6.92 Å². The van der Waals surface area contributed by atoms with Crippen LogP contribution in [0.15, 0.2) is 6.07 Å². The number of hydrogen-bond donors (Lipinski definition) is 1. The smallest absolute Gasteiger partial charge is 0.303 e. The number of carboxylic acid groups (broad SMARTS) is 1. The Morgan fingerprint density at radius 1 is 1.45 bits per heavy atom. The minimum atomic E-state index is -3.19. The summed E-state index contributed by atoms with van der Waals surface area (Å²) in [6.45, 7) is 3.11. The molecule has 0 saturated carbocycles. The molecule has 7 nitrogen and oxygen atoms in total. The maximum Gasteiger partial charge on any atom is 0.303 e. The lowest BCUT2D eigenvalue weighted by atomic mass is 10.2. The van der Waals surface area contributed by atoms with Gasteiger partial charge in [-0.2, -0.15) is 9.40 Å². The normalized spacial score (nSPS) is 16.1. The Kier molecular flexibility index (Phi) is 4.44. The molecule has 0 saturated heterocycles. The van der Waals surface area contributed by atoms with Gasteiger partial charge in [0.25, 0.3) is 0 Å². The van der Waals surface area contributed by atoms with Gasteiger partial charge in [0.1, 0.15) is 0 Å². The third kappa shape index (κ3) is 3.37. The lowest BCUT2D eigenvalue weighted by molar-refractivity contribution is -0.136. The Hall–Kier alpha value is -1.41. The molecule has 0 aliphatic carbocycles. The Labute approximate surface area is 118 Å². The summed E-state index contributed by atoms with van der Waals surface area (Å²) >= 11 is 0. The van der Waals surface area contributed by atoms with Crippen molar-refractivity contribution < 1.29 is 18.3 Å². The predicted octanol–water partition coefficient (Wildman–Crippen LogP) is 0.456. The first-order chi connectivity index (χ1) is 9.42. The van der Waals surface area contributed by atoms with Crippen LogP contribution in [0.4, 0.5) is 0 Å². The molecular weight excluding hydrogens is 282 g/mol. The lowest BCUT2D eigenvalue weighted by Crippen LogP contribution is -2.39. The van der Waals surface area contributed by atoms with Gasteiger partial charge in [0.2, 0.25) is 10.0 Å². The second-order valence-electron chi connectivity index (χ2n) is 4.89. The second-order valence-corrected chi connectivity index (χ2v) is 6.98. The number of aliphatic carboxylic acids is 1. The molecule has 1 aliphatic heterocycles. The molecule has 0 unspecified atom stereocenters. The summed E-state index contributed by atoms with van der Waals surface area (Å²) in [4.78, 5) is 10.5. The molecule has 1 aliphatic rings. The van der Waals surface area contributed by atoms with Crippen LogP contribution in [0.5, 0.6) is 0 Å². The van der Waals surface area contributed by atoms with E-state index in [2.05, 4.69) is 5.10 Å². The van der Waals surface area contributed by atoms with E-state index < -0.39 is 16.0 Å². The lowest BCUT2D eigenvalue weighted by Gasteiger charge is -2.26. The standard InChI is InChI=1S/C12H19N3O4S/c1-2-7-20(18,19)14-5-6-15-11(9-14)8-10(13-15)3-4-12(16)17/h8H,2-7,9H2,1H3,(H,16,17). The van der Waals surface area contributed by atoms with E-state index in [-0.39, 0.29) is 12.2 Å². The van der Waals surface area contributed by atoms with E-state index in [4.69, 9.17) is 5.11 Å². The van der Waals surface area contributed by atoms with E-state index in [0.29, 0.717) is 38.2 Å². The largest absolute Gasteiger partial charge is 0.481 e. The van der Waals surface area contributed by atoms with Crippen molar-refractivity contribution in [3.05, 3.63) is 17.5 Å². The van der Waals surface area contributed by atoms with Crippen molar-refractivity contribution in [3.8, 4) is 0 Å². The number of aryl methyl sites for hydroxylation is 1. The van der Waals surface area contributed by atoms with Crippen molar-refractivity contribution in [2.75, 3.05) is 12.3 Å². The summed E-state index contributed by atoms with van der Waals surface area (Å²) in [7, 11) is -3.19. The van der Waals surface area contributed by atoms with Gasteiger partial charge in [-0.15, -0.1) is 0 Å².